The quantitative estimate of drug-likeness (QED) is 0.822. The molecule has 0 aliphatic carbocycles. The molecule has 2 aromatic rings. The van der Waals surface area contributed by atoms with Crippen LogP contribution in [-0.4, -0.2) is 40.2 Å². The Hall–Kier alpha value is -2.28. The van der Waals surface area contributed by atoms with E-state index in [0.717, 1.165) is 12.1 Å². The first kappa shape index (κ1) is 12.7. The van der Waals surface area contributed by atoms with E-state index in [1.54, 1.807) is 6.20 Å². The molecule has 1 amide bonds. The van der Waals surface area contributed by atoms with Crippen molar-refractivity contribution in [3.63, 3.8) is 0 Å². The third-order valence-corrected chi connectivity index (χ3v) is 3.12. The summed E-state index contributed by atoms with van der Waals surface area (Å²) < 4.78 is 5.19. The van der Waals surface area contributed by atoms with Crippen molar-refractivity contribution in [3.8, 4) is 11.5 Å². The number of carbonyl (C=O) groups excluding carboxylic acids is 1. The van der Waals surface area contributed by atoms with Crippen molar-refractivity contribution < 1.29 is 9.32 Å². The predicted octanol–water partition coefficient (Wildman–Crippen LogP) is 0.0705. The first-order valence-corrected chi connectivity index (χ1v) is 6.49. The maximum absolute atomic E-state index is 11.6. The molecule has 104 valence electrons. The number of nitrogens with zero attached hydrogens (tertiary/aromatic N) is 3. The molecule has 0 saturated carbocycles. The molecule has 1 unspecified atom stereocenters. The Morgan fingerprint density at radius 2 is 2.35 bits per heavy atom. The summed E-state index contributed by atoms with van der Waals surface area (Å²) in [4.78, 5) is 20.1. The molecule has 1 saturated heterocycles. The van der Waals surface area contributed by atoms with Gasteiger partial charge in [0, 0.05) is 19.3 Å². The molecule has 0 aromatic carbocycles. The Bertz CT molecular complexity index is 625. The number of hydrogen-bond donors (Lipinski definition) is 2. The minimum absolute atomic E-state index is 0.0373. The SMILES string of the molecule is Cc1ccnc(-c2noc(CC3NCCNC3=O)n2)c1. The molecule has 1 aliphatic heterocycles. The van der Waals surface area contributed by atoms with E-state index in [1.165, 1.54) is 0 Å². The summed E-state index contributed by atoms with van der Waals surface area (Å²) in [5.74, 6) is 0.836. The second-order valence-electron chi connectivity index (χ2n) is 4.73. The summed E-state index contributed by atoms with van der Waals surface area (Å²) in [5.41, 5.74) is 1.75. The standard InChI is InChI=1S/C13H15N5O2/c1-8-2-3-14-9(6-8)12-17-11(20-18-12)7-10-13(19)16-5-4-15-10/h2-3,6,10,15H,4-5,7H2,1H3,(H,16,19). The molecule has 0 spiro atoms. The average Bonchev–Trinajstić information content (AvgIpc) is 2.90. The van der Waals surface area contributed by atoms with Gasteiger partial charge >= 0.3 is 0 Å². The number of hydrogen-bond acceptors (Lipinski definition) is 6. The highest BCUT2D eigenvalue weighted by Gasteiger charge is 2.24. The highest BCUT2D eigenvalue weighted by Crippen LogP contribution is 2.14. The molecule has 2 N–H and O–H groups in total. The van der Waals surface area contributed by atoms with E-state index >= 15 is 0 Å². The first-order chi connectivity index (χ1) is 9.72. The zero-order valence-electron chi connectivity index (χ0n) is 11.1. The smallest absolute Gasteiger partial charge is 0.237 e. The second-order valence-corrected chi connectivity index (χ2v) is 4.73. The number of amides is 1. The van der Waals surface area contributed by atoms with Gasteiger partial charge in [0.25, 0.3) is 0 Å². The van der Waals surface area contributed by atoms with Gasteiger partial charge in [-0.15, -0.1) is 0 Å². The molecule has 2 aromatic heterocycles. The number of aryl methyl sites for hydroxylation is 1. The van der Waals surface area contributed by atoms with Crippen LogP contribution >= 0.6 is 0 Å². The number of pyridine rings is 1. The van der Waals surface area contributed by atoms with Gasteiger partial charge in [0.1, 0.15) is 5.69 Å². The van der Waals surface area contributed by atoms with Crippen LogP contribution in [-0.2, 0) is 11.2 Å². The van der Waals surface area contributed by atoms with Crippen LogP contribution in [0.4, 0.5) is 0 Å². The lowest BCUT2D eigenvalue weighted by Gasteiger charge is -2.21. The van der Waals surface area contributed by atoms with Gasteiger partial charge in [-0.05, 0) is 24.6 Å². The summed E-state index contributed by atoms with van der Waals surface area (Å²) >= 11 is 0. The Kier molecular flexibility index (Phi) is 3.42. The minimum Gasteiger partial charge on any atom is -0.353 e. The molecule has 7 nitrogen and oxygen atoms in total. The van der Waals surface area contributed by atoms with Gasteiger partial charge in [0.2, 0.25) is 17.6 Å². The molecule has 1 aliphatic rings. The molecule has 0 radical (unpaired) electrons. The molecule has 3 heterocycles. The van der Waals surface area contributed by atoms with Gasteiger partial charge in [-0.25, -0.2) is 0 Å². The van der Waals surface area contributed by atoms with Crippen molar-refractivity contribution in [2.45, 2.75) is 19.4 Å². The van der Waals surface area contributed by atoms with Gasteiger partial charge in [0.15, 0.2) is 0 Å². The van der Waals surface area contributed by atoms with Crippen LogP contribution in [0.25, 0.3) is 11.5 Å². The number of piperazine rings is 1. The van der Waals surface area contributed by atoms with Crippen molar-refractivity contribution in [2.24, 2.45) is 0 Å². The fraction of sp³-hybridized carbons (Fsp3) is 0.385. The molecular weight excluding hydrogens is 258 g/mol. The summed E-state index contributed by atoms with van der Waals surface area (Å²) in [5, 5.41) is 9.82. The van der Waals surface area contributed by atoms with E-state index in [2.05, 4.69) is 25.8 Å². The van der Waals surface area contributed by atoms with Crippen molar-refractivity contribution in [3.05, 3.63) is 29.8 Å². The molecule has 7 heteroatoms. The van der Waals surface area contributed by atoms with E-state index in [4.69, 9.17) is 4.52 Å². The summed E-state index contributed by atoms with van der Waals surface area (Å²) in [6.45, 7) is 3.37. The predicted molar refractivity (Wildman–Crippen MR) is 70.8 cm³/mol. The van der Waals surface area contributed by atoms with Crippen molar-refractivity contribution in [1.82, 2.24) is 25.8 Å². The lowest BCUT2D eigenvalue weighted by Crippen LogP contribution is -2.53. The second kappa shape index (κ2) is 5.38. The summed E-state index contributed by atoms with van der Waals surface area (Å²) in [7, 11) is 0. The molecule has 20 heavy (non-hydrogen) atoms. The van der Waals surface area contributed by atoms with E-state index in [-0.39, 0.29) is 11.9 Å². The third-order valence-electron chi connectivity index (χ3n) is 3.12. The maximum Gasteiger partial charge on any atom is 0.237 e. The Labute approximate surface area is 115 Å². The Balaban J connectivity index is 1.75. The summed E-state index contributed by atoms with van der Waals surface area (Å²) in [6, 6.07) is 3.48. The van der Waals surface area contributed by atoms with E-state index in [0.29, 0.717) is 30.4 Å². The summed E-state index contributed by atoms with van der Waals surface area (Å²) in [6.07, 6.45) is 2.08. The van der Waals surface area contributed by atoms with Crippen molar-refractivity contribution >= 4 is 5.91 Å². The number of carbonyl (C=O) groups is 1. The van der Waals surface area contributed by atoms with Gasteiger partial charge in [-0.3, -0.25) is 9.78 Å². The lowest BCUT2D eigenvalue weighted by atomic mass is 10.1. The molecule has 0 bridgehead atoms. The van der Waals surface area contributed by atoms with Crippen LogP contribution in [0.5, 0.6) is 0 Å². The van der Waals surface area contributed by atoms with Crippen LogP contribution in [0.1, 0.15) is 11.5 Å². The first-order valence-electron chi connectivity index (χ1n) is 6.49. The lowest BCUT2D eigenvalue weighted by molar-refractivity contribution is -0.124. The van der Waals surface area contributed by atoms with Gasteiger partial charge in [-0.2, -0.15) is 4.98 Å². The average molecular weight is 273 g/mol. The van der Waals surface area contributed by atoms with Crippen LogP contribution in [0, 0.1) is 6.92 Å². The Morgan fingerprint density at radius 3 is 3.15 bits per heavy atom. The molecule has 3 rings (SSSR count). The largest absolute Gasteiger partial charge is 0.353 e. The third kappa shape index (κ3) is 2.67. The number of rotatable bonds is 3. The fourth-order valence-corrected chi connectivity index (χ4v) is 2.09. The monoisotopic (exact) mass is 273 g/mol. The fourth-order valence-electron chi connectivity index (χ4n) is 2.09. The van der Waals surface area contributed by atoms with E-state index in [9.17, 15) is 4.79 Å². The number of aromatic nitrogens is 3. The van der Waals surface area contributed by atoms with Crippen molar-refractivity contribution in [2.75, 3.05) is 13.1 Å². The van der Waals surface area contributed by atoms with Crippen LogP contribution in [0.2, 0.25) is 0 Å². The topological polar surface area (TPSA) is 92.9 Å². The van der Waals surface area contributed by atoms with Gasteiger partial charge in [-0.1, -0.05) is 5.16 Å². The highest BCUT2D eigenvalue weighted by atomic mass is 16.5. The van der Waals surface area contributed by atoms with Gasteiger partial charge in [0.05, 0.1) is 12.5 Å². The van der Waals surface area contributed by atoms with E-state index in [1.807, 2.05) is 19.1 Å². The highest BCUT2D eigenvalue weighted by molar-refractivity contribution is 5.82. The van der Waals surface area contributed by atoms with E-state index < -0.39 is 0 Å². The maximum atomic E-state index is 11.6. The normalized spacial score (nSPS) is 18.9. The Morgan fingerprint density at radius 1 is 1.45 bits per heavy atom. The minimum atomic E-state index is -0.317. The zero-order chi connectivity index (χ0) is 13.9. The van der Waals surface area contributed by atoms with Crippen LogP contribution in [0.3, 0.4) is 0 Å². The molecule has 1 fully saturated rings. The van der Waals surface area contributed by atoms with Crippen LogP contribution in [0.15, 0.2) is 22.9 Å². The van der Waals surface area contributed by atoms with Crippen LogP contribution < -0.4 is 10.6 Å². The van der Waals surface area contributed by atoms with Crippen molar-refractivity contribution in [1.29, 1.82) is 0 Å². The zero-order valence-corrected chi connectivity index (χ0v) is 11.1. The molecular formula is C13H15N5O2. The number of nitrogens with one attached hydrogen (secondary N) is 2. The molecule has 1 atom stereocenters. The van der Waals surface area contributed by atoms with Gasteiger partial charge < -0.3 is 15.2 Å².